The summed E-state index contributed by atoms with van der Waals surface area (Å²) in [6.07, 6.45) is 0. The molecule has 1 fully saturated rings. The van der Waals surface area contributed by atoms with Gasteiger partial charge in [0.25, 0.3) is 0 Å². The van der Waals surface area contributed by atoms with Crippen molar-refractivity contribution < 1.29 is 17.8 Å². The number of rotatable bonds is 2. The first kappa shape index (κ1) is 3.31. The van der Waals surface area contributed by atoms with Gasteiger partial charge in [-0.3, -0.25) is 4.90 Å². The van der Waals surface area contributed by atoms with Crippen LogP contribution in [0.2, 0.25) is 0 Å². The number of nitrogens with zero attached hydrogens (tertiary/aromatic N) is 2. The fourth-order valence-electron chi connectivity index (χ4n) is 0.965. The second-order valence-electron chi connectivity index (χ2n) is 2.74. The highest BCUT2D eigenvalue weighted by molar-refractivity contribution is 9.10. The molecule has 2 rings (SSSR count). The molecule has 0 spiro atoms. The highest BCUT2D eigenvalue weighted by Gasteiger charge is 2.13. The van der Waals surface area contributed by atoms with Crippen LogP contribution < -0.4 is 0 Å². The minimum Gasteiger partial charge on any atom is -0.304 e. The van der Waals surface area contributed by atoms with Gasteiger partial charge in [-0.2, -0.15) is 0 Å². The summed E-state index contributed by atoms with van der Waals surface area (Å²) in [4.78, 5) is -0.695. The van der Waals surface area contributed by atoms with Crippen molar-refractivity contribution in [2.75, 3.05) is 33.0 Å². The van der Waals surface area contributed by atoms with Crippen molar-refractivity contribution in [3.05, 3.63) is 34.3 Å². The van der Waals surface area contributed by atoms with Gasteiger partial charge in [0, 0.05) is 54.8 Å². The average molecular weight is 282 g/mol. The van der Waals surface area contributed by atoms with E-state index in [9.17, 15) is 0 Å². The number of benzene rings is 1. The predicted molar refractivity (Wildman–Crippen MR) is 66.9 cm³/mol. The minimum absolute atomic E-state index is 0.210. The molecular formula is C12H17BrN2. The summed E-state index contributed by atoms with van der Waals surface area (Å²) >= 11 is 3.15. The molecule has 1 aliphatic heterocycles. The number of likely N-dealkylation sites (N-methyl/N-ethyl adjacent to an activating group) is 1. The first-order valence-corrected chi connectivity index (χ1v) is 4.89. The van der Waals surface area contributed by atoms with Gasteiger partial charge in [-0.15, -0.1) is 0 Å². The van der Waals surface area contributed by atoms with Crippen LogP contribution >= 0.6 is 15.9 Å². The Bertz CT molecular complexity index is 715. The monoisotopic (exact) mass is 281 g/mol. The number of hydrogen-bond donors (Lipinski definition) is 0. The van der Waals surface area contributed by atoms with E-state index in [1.807, 2.05) is 0 Å². The average Bonchev–Trinajstić information content (AvgIpc) is 2.42. The Morgan fingerprint density at radius 2 is 2.00 bits per heavy atom. The van der Waals surface area contributed by atoms with Crippen molar-refractivity contribution in [1.29, 1.82) is 0 Å². The fourth-order valence-corrected chi connectivity index (χ4v) is 1.23. The molecule has 0 N–H and O–H groups in total. The van der Waals surface area contributed by atoms with Crippen molar-refractivity contribution in [1.82, 2.24) is 9.80 Å². The van der Waals surface area contributed by atoms with Crippen LogP contribution in [0.4, 0.5) is 0 Å². The van der Waals surface area contributed by atoms with Crippen LogP contribution in [0.1, 0.15) is 23.4 Å². The maximum absolute atomic E-state index is 8.32. The number of hydrogen-bond acceptors (Lipinski definition) is 2. The Labute approximate surface area is 118 Å². The van der Waals surface area contributed by atoms with E-state index in [2.05, 4.69) is 15.9 Å². The number of halogens is 1. The lowest BCUT2D eigenvalue weighted by atomic mass is 10.2. The molecule has 1 heterocycles. The van der Waals surface area contributed by atoms with Crippen molar-refractivity contribution in [2.45, 2.75) is 6.50 Å². The third-order valence-corrected chi connectivity index (χ3v) is 2.16. The van der Waals surface area contributed by atoms with Gasteiger partial charge in [0.1, 0.15) is 0 Å². The van der Waals surface area contributed by atoms with Crippen LogP contribution in [0, 0.1) is 0 Å². The fraction of sp³-hybridized carbons (Fsp3) is 0.500. The Kier molecular flexibility index (Phi) is 1.13. The lowest BCUT2D eigenvalue weighted by Gasteiger charge is -2.32. The summed E-state index contributed by atoms with van der Waals surface area (Å²) in [6.45, 7) is -21.0. The zero-order valence-corrected chi connectivity index (χ0v) is 9.17. The van der Waals surface area contributed by atoms with E-state index in [4.69, 9.17) is 17.8 Å². The van der Waals surface area contributed by atoms with E-state index in [1.54, 1.807) is 0 Å². The second-order valence-corrected chi connectivity index (χ2v) is 3.65. The maximum atomic E-state index is 8.32. The van der Waals surface area contributed by atoms with Gasteiger partial charge < -0.3 is 4.90 Å². The number of piperazine rings is 1. The minimum atomic E-state index is -3.62. The maximum Gasteiger partial charge on any atom is 0.0481 e. The summed E-state index contributed by atoms with van der Waals surface area (Å²) in [5, 5.41) is 0. The highest BCUT2D eigenvalue weighted by atomic mass is 79.9. The summed E-state index contributed by atoms with van der Waals surface area (Å²) in [7, 11) is 0. The summed E-state index contributed by atoms with van der Waals surface area (Å²) in [6, 6.07) is 5.22. The Hall–Kier alpha value is -0.380. The standard InChI is InChI=1S/C12H17BrN2/c1-14-6-8-15(9-7-14)10-11-2-4-12(13)5-3-11/h2-5H,6-10H2,1H3/i1D3,6D2,7D2,8D2,9D2,10D2. The van der Waals surface area contributed by atoms with Crippen LogP contribution in [0.5, 0.6) is 0 Å². The molecule has 3 heteroatoms. The SMILES string of the molecule is [2H]C([2H])([2H])N1C([2H])([2H])C([2H])([2H])N(C([2H])([2H])c2ccc(Br)cc2)C([2H])([2H])C1([2H])[2H]. The quantitative estimate of drug-likeness (QED) is 0.820. The molecule has 1 aromatic carbocycles. The van der Waals surface area contributed by atoms with Crippen LogP contribution in [0.15, 0.2) is 28.7 Å². The van der Waals surface area contributed by atoms with E-state index in [1.165, 1.54) is 24.3 Å². The van der Waals surface area contributed by atoms with Crippen molar-refractivity contribution in [3.8, 4) is 0 Å². The molecule has 0 radical (unpaired) electrons. The van der Waals surface area contributed by atoms with E-state index in [0.29, 0.717) is 4.47 Å². The lowest BCUT2D eigenvalue weighted by molar-refractivity contribution is 0.148. The van der Waals surface area contributed by atoms with Crippen molar-refractivity contribution in [3.63, 3.8) is 0 Å². The molecule has 0 saturated carbocycles. The third kappa shape index (κ3) is 3.30. The van der Waals surface area contributed by atoms with Gasteiger partial charge in [0.05, 0.1) is 0 Å². The molecule has 0 unspecified atom stereocenters. The van der Waals surface area contributed by atoms with Crippen molar-refractivity contribution >= 4 is 15.9 Å². The third-order valence-electron chi connectivity index (χ3n) is 1.63. The van der Waals surface area contributed by atoms with E-state index in [-0.39, 0.29) is 10.5 Å². The van der Waals surface area contributed by atoms with Gasteiger partial charge in [0.15, 0.2) is 0 Å². The van der Waals surface area contributed by atoms with E-state index >= 15 is 0 Å². The molecular weight excluding hydrogens is 252 g/mol. The molecule has 0 amide bonds. The zero-order valence-electron chi connectivity index (χ0n) is 20.6. The Morgan fingerprint density at radius 1 is 1.33 bits per heavy atom. The van der Waals surface area contributed by atoms with Gasteiger partial charge in [0.2, 0.25) is 0 Å². The van der Waals surface area contributed by atoms with Crippen molar-refractivity contribution in [2.24, 2.45) is 0 Å². The molecule has 1 saturated heterocycles. The largest absolute Gasteiger partial charge is 0.304 e. The topological polar surface area (TPSA) is 6.48 Å². The normalized spacial score (nSPS) is 47.4. The second kappa shape index (κ2) is 5.10. The first-order chi connectivity index (χ1) is 12.2. The van der Waals surface area contributed by atoms with E-state index < -0.39 is 44.4 Å². The van der Waals surface area contributed by atoms with Gasteiger partial charge >= 0.3 is 0 Å². The Morgan fingerprint density at radius 3 is 2.60 bits per heavy atom. The van der Waals surface area contributed by atoms with Gasteiger partial charge in [-0.05, 0) is 24.7 Å². The zero-order chi connectivity index (χ0) is 22.1. The van der Waals surface area contributed by atoms with Crippen LogP contribution in [0.3, 0.4) is 0 Å². The predicted octanol–water partition coefficient (Wildman–Crippen LogP) is 2.20. The Balaban J connectivity index is 2.79. The molecule has 2 nitrogen and oxygen atoms in total. The highest BCUT2D eigenvalue weighted by Crippen LogP contribution is 2.13. The summed E-state index contributed by atoms with van der Waals surface area (Å²) in [5.74, 6) is 0. The summed E-state index contributed by atoms with van der Waals surface area (Å²) in [5.41, 5.74) is -0.266. The lowest BCUT2D eigenvalue weighted by Crippen LogP contribution is -2.43. The molecule has 15 heavy (non-hydrogen) atoms. The van der Waals surface area contributed by atoms with Gasteiger partial charge in [-0.25, -0.2) is 0 Å². The van der Waals surface area contributed by atoms with Crippen LogP contribution in [0.25, 0.3) is 0 Å². The molecule has 0 bridgehead atoms. The first-order valence-electron chi connectivity index (χ1n) is 10.6. The molecule has 82 valence electrons. The van der Waals surface area contributed by atoms with E-state index in [0.717, 1.165) is 0 Å². The molecule has 0 aliphatic carbocycles. The molecule has 1 aliphatic rings. The van der Waals surface area contributed by atoms with Gasteiger partial charge in [-0.1, -0.05) is 28.1 Å². The van der Waals surface area contributed by atoms with Crippen LogP contribution in [-0.2, 0) is 6.50 Å². The molecule has 0 aromatic heterocycles. The molecule has 0 atom stereocenters. The smallest absolute Gasteiger partial charge is 0.0481 e. The summed E-state index contributed by atoms with van der Waals surface area (Å²) < 4.78 is 104. The van der Waals surface area contributed by atoms with Crippen LogP contribution in [-0.4, -0.2) is 42.8 Å². The molecule has 1 aromatic rings.